The number of thioether (sulfide) groups is 2. The van der Waals surface area contributed by atoms with Crippen LogP contribution in [0.25, 0.3) is 0 Å². The first-order valence-corrected chi connectivity index (χ1v) is 12.9. The van der Waals surface area contributed by atoms with Crippen molar-refractivity contribution < 1.29 is 18.4 Å². The average molecular weight is 497 g/mol. The van der Waals surface area contributed by atoms with E-state index in [4.69, 9.17) is 0 Å². The lowest BCUT2D eigenvalue weighted by molar-refractivity contribution is -0.116. The molecule has 2 aliphatic rings. The lowest BCUT2D eigenvalue weighted by atomic mass is 10.1. The molecule has 2 fully saturated rings. The Morgan fingerprint density at radius 3 is 1.41 bits per heavy atom. The minimum Gasteiger partial charge on any atom is -0.295 e. The molecule has 2 amide bonds. The van der Waals surface area contributed by atoms with Gasteiger partial charge >= 0.3 is 0 Å². The molecule has 0 unspecified atom stereocenters. The van der Waals surface area contributed by atoms with Crippen molar-refractivity contribution in [3.63, 3.8) is 0 Å². The van der Waals surface area contributed by atoms with E-state index in [9.17, 15) is 18.4 Å². The van der Waals surface area contributed by atoms with Gasteiger partial charge in [0, 0.05) is 11.4 Å². The van der Waals surface area contributed by atoms with Crippen LogP contribution in [-0.2, 0) is 9.59 Å². The number of halogens is 2. The van der Waals surface area contributed by atoms with E-state index in [1.807, 2.05) is 24.3 Å². The monoisotopic (exact) mass is 496 g/mol. The fraction of sp³-hybridized carbons (Fsp3) is 0.231. The molecule has 2 atom stereocenters. The minimum atomic E-state index is -0.341. The zero-order chi connectivity index (χ0) is 24.0. The lowest BCUT2D eigenvalue weighted by Gasteiger charge is -2.26. The van der Waals surface area contributed by atoms with Crippen molar-refractivity contribution in [3.8, 4) is 0 Å². The second-order valence-electron chi connectivity index (χ2n) is 8.39. The number of hydrogen-bond donors (Lipinski definition) is 0. The van der Waals surface area contributed by atoms with E-state index in [0.717, 1.165) is 11.1 Å². The predicted octanol–water partition coefficient (Wildman–Crippen LogP) is 6.14. The van der Waals surface area contributed by atoms with Crippen LogP contribution in [0, 0.1) is 25.5 Å². The Morgan fingerprint density at radius 2 is 1.06 bits per heavy atom. The molecule has 4 nitrogen and oxygen atoms in total. The van der Waals surface area contributed by atoms with E-state index < -0.39 is 0 Å². The molecule has 34 heavy (non-hydrogen) atoms. The molecule has 2 saturated heterocycles. The van der Waals surface area contributed by atoms with Crippen LogP contribution < -0.4 is 9.80 Å². The molecule has 2 heterocycles. The van der Waals surface area contributed by atoms with Crippen molar-refractivity contribution in [3.05, 3.63) is 94.6 Å². The van der Waals surface area contributed by atoms with Crippen LogP contribution in [0.4, 0.5) is 20.2 Å². The Labute approximate surface area is 205 Å². The highest BCUT2D eigenvalue weighted by Gasteiger charge is 2.36. The zero-order valence-electron chi connectivity index (χ0n) is 18.6. The number of aryl methyl sites for hydroxylation is 2. The molecular formula is C26H22F2N2O2S2. The third-order valence-corrected chi connectivity index (χ3v) is 8.53. The van der Waals surface area contributed by atoms with Crippen molar-refractivity contribution in [1.29, 1.82) is 0 Å². The average Bonchev–Trinajstić information content (AvgIpc) is 3.40. The summed E-state index contributed by atoms with van der Waals surface area (Å²) in [4.78, 5) is 28.5. The van der Waals surface area contributed by atoms with Gasteiger partial charge in [0.05, 0.1) is 11.5 Å². The molecule has 5 rings (SSSR count). The van der Waals surface area contributed by atoms with Gasteiger partial charge in [0.2, 0.25) is 11.8 Å². The molecule has 0 radical (unpaired) electrons. The first kappa shape index (κ1) is 22.9. The smallest absolute Gasteiger partial charge is 0.238 e. The topological polar surface area (TPSA) is 40.6 Å². The van der Waals surface area contributed by atoms with Gasteiger partial charge < -0.3 is 0 Å². The van der Waals surface area contributed by atoms with Crippen LogP contribution in [0.5, 0.6) is 0 Å². The van der Waals surface area contributed by atoms with Gasteiger partial charge in [-0.3, -0.25) is 19.4 Å². The fourth-order valence-corrected chi connectivity index (χ4v) is 6.54. The molecular weight excluding hydrogens is 474 g/mol. The summed E-state index contributed by atoms with van der Waals surface area (Å²) in [6, 6.07) is 17.5. The molecule has 3 aromatic rings. The third kappa shape index (κ3) is 4.09. The standard InChI is InChI=1S/C26H22F2N2O2S2/c1-15-3-9-19(11-21(15)27)29-23(31)13-33-25(29)17-5-7-18(8-6-17)26-30(24(32)14-34-26)20-10-4-16(2)22(28)12-20/h3-12,25-26H,13-14H2,1-2H3/t25-,26-/m1/s1. The van der Waals surface area contributed by atoms with E-state index in [-0.39, 0.29) is 34.2 Å². The number of carbonyl (C=O) groups is 2. The molecule has 0 bridgehead atoms. The summed E-state index contributed by atoms with van der Waals surface area (Å²) >= 11 is 3.00. The van der Waals surface area contributed by atoms with Crippen LogP contribution in [-0.4, -0.2) is 23.3 Å². The Bertz CT molecular complexity index is 1180. The van der Waals surface area contributed by atoms with E-state index in [1.54, 1.807) is 47.9 Å². The molecule has 0 spiro atoms. The Hall–Kier alpha value is -2.84. The van der Waals surface area contributed by atoms with E-state index >= 15 is 0 Å². The third-order valence-electron chi connectivity index (χ3n) is 6.11. The Morgan fingerprint density at radius 1 is 0.676 bits per heavy atom. The second kappa shape index (κ2) is 9.07. The van der Waals surface area contributed by atoms with Crippen molar-refractivity contribution in [1.82, 2.24) is 0 Å². The van der Waals surface area contributed by atoms with Gasteiger partial charge in [-0.05, 0) is 60.4 Å². The summed E-state index contributed by atoms with van der Waals surface area (Å²) < 4.78 is 28.3. The first-order chi connectivity index (χ1) is 16.3. The zero-order valence-corrected chi connectivity index (χ0v) is 20.3. The Balaban J connectivity index is 1.42. The summed E-state index contributed by atoms with van der Waals surface area (Å²) in [5.41, 5.74) is 3.98. The highest BCUT2D eigenvalue weighted by molar-refractivity contribution is 8.01. The van der Waals surface area contributed by atoms with Crippen LogP contribution in [0.3, 0.4) is 0 Å². The van der Waals surface area contributed by atoms with Gasteiger partial charge in [-0.15, -0.1) is 23.5 Å². The summed E-state index contributed by atoms with van der Waals surface area (Å²) in [7, 11) is 0. The number of nitrogens with zero attached hydrogens (tertiary/aromatic N) is 2. The van der Waals surface area contributed by atoms with Crippen LogP contribution in [0.2, 0.25) is 0 Å². The molecule has 0 N–H and O–H groups in total. The summed E-state index contributed by atoms with van der Waals surface area (Å²) in [6.07, 6.45) is 0. The number of rotatable bonds is 4. The predicted molar refractivity (Wildman–Crippen MR) is 134 cm³/mol. The number of amides is 2. The fourth-order valence-electron chi connectivity index (χ4n) is 4.19. The number of carbonyl (C=O) groups excluding carboxylic acids is 2. The van der Waals surface area contributed by atoms with Gasteiger partial charge in [-0.25, -0.2) is 8.78 Å². The maximum atomic E-state index is 14.2. The van der Waals surface area contributed by atoms with E-state index in [2.05, 4.69) is 0 Å². The summed E-state index contributed by atoms with van der Waals surface area (Å²) in [5, 5.41) is -0.521. The molecule has 2 aliphatic heterocycles. The van der Waals surface area contributed by atoms with Crippen LogP contribution >= 0.6 is 23.5 Å². The largest absolute Gasteiger partial charge is 0.295 e. The number of hydrogen-bond acceptors (Lipinski definition) is 4. The normalized spacial score (nSPS) is 20.5. The van der Waals surface area contributed by atoms with Crippen molar-refractivity contribution in [2.75, 3.05) is 21.3 Å². The lowest BCUT2D eigenvalue weighted by Crippen LogP contribution is -2.28. The molecule has 174 valence electrons. The second-order valence-corrected chi connectivity index (χ2v) is 10.5. The summed E-state index contributed by atoms with van der Waals surface area (Å²) in [5.74, 6) is -0.166. The van der Waals surface area contributed by atoms with Crippen LogP contribution in [0.1, 0.15) is 33.0 Å². The Kier molecular flexibility index (Phi) is 6.12. The number of benzene rings is 3. The highest BCUT2D eigenvalue weighted by atomic mass is 32.2. The maximum Gasteiger partial charge on any atom is 0.238 e. The highest BCUT2D eigenvalue weighted by Crippen LogP contribution is 2.45. The van der Waals surface area contributed by atoms with Crippen molar-refractivity contribution in [2.24, 2.45) is 0 Å². The van der Waals surface area contributed by atoms with Gasteiger partial charge in [0.25, 0.3) is 0 Å². The minimum absolute atomic E-state index is 0.0631. The molecule has 8 heteroatoms. The molecule has 0 aromatic heterocycles. The maximum absolute atomic E-state index is 14.2. The first-order valence-electron chi connectivity index (χ1n) is 10.8. The van der Waals surface area contributed by atoms with Gasteiger partial charge in [-0.2, -0.15) is 0 Å². The van der Waals surface area contributed by atoms with Crippen molar-refractivity contribution >= 4 is 46.7 Å². The van der Waals surface area contributed by atoms with E-state index in [0.29, 0.717) is 34.0 Å². The van der Waals surface area contributed by atoms with Gasteiger partial charge in [0.1, 0.15) is 22.4 Å². The summed E-state index contributed by atoms with van der Waals surface area (Å²) in [6.45, 7) is 3.38. The SMILES string of the molecule is Cc1ccc(N2C(=O)CS[C@@H]2c2ccc([C@H]3SCC(=O)N3c3ccc(C)c(F)c3)cc2)cc1F. The quantitative estimate of drug-likeness (QED) is 0.435. The molecule has 0 aliphatic carbocycles. The molecule has 0 saturated carbocycles. The van der Waals surface area contributed by atoms with Gasteiger partial charge in [0.15, 0.2) is 0 Å². The van der Waals surface area contributed by atoms with Crippen LogP contribution in [0.15, 0.2) is 60.7 Å². The van der Waals surface area contributed by atoms with E-state index in [1.165, 1.54) is 35.7 Å². The molecule has 3 aromatic carbocycles. The van der Waals surface area contributed by atoms with Gasteiger partial charge in [-0.1, -0.05) is 36.4 Å². The van der Waals surface area contributed by atoms with Crippen molar-refractivity contribution in [2.45, 2.75) is 24.6 Å². The number of anilines is 2.